The summed E-state index contributed by atoms with van der Waals surface area (Å²) in [6, 6.07) is 6.91. The van der Waals surface area contributed by atoms with Gasteiger partial charge in [0, 0.05) is 23.8 Å². The summed E-state index contributed by atoms with van der Waals surface area (Å²) in [5, 5.41) is 9.26. The zero-order valence-corrected chi connectivity index (χ0v) is 10.7. The minimum atomic E-state index is -0.305. The maximum Gasteiger partial charge on any atom is 0.319 e. The monoisotopic (exact) mass is 263 g/mol. The van der Waals surface area contributed by atoms with Crippen molar-refractivity contribution in [3.63, 3.8) is 0 Å². The Kier molecular flexibility index (Phi) is 3.38. The molecule has 2 heterocycles. The summed E-state index contributed by atoms with van der Waals surface area (Å²) in [5.41, 5.74) is 0.607. The lowest BCUT2D eigenvalue weighted by atomic mass is 10.0. The van der Waals surface area contributed by atoms with E-state index < -0.39 is 0 Å². The fourth-order valence-corrected chi connectivity index (χ4v) is 3.06. The molecule has 102 valence electrons. The van der Waals surface area contributed by atoms with Gasteiger partial charge in [-0.1, -0.05) is 0 Å². The summed E-state index contributed by atoms with van der Waals surface area (Å²) >= 11 is 0. The van der Waals surface area contributed by atoms with Gasteiger partial charge in [-0.25, -0.2) is 9.18 Å². The number of benzene rings is 1. The molecule has 0 saturated carbocycles. The predicted molar refractivity (Wildman–Crippen MR) is 71.5 cm³/mol. The van der Waals surface area contributed by atoms with Gasteiger partial charge < -0.3 is 16.0 Å². The van der Waals surface area contributed by atoms with E-state index in [2.05, 4.69) is 16.0 Å². The Balaban J connectivity index is 1.52. The number of carbonyl (C=O) groups is 1. The lowest BCUT2D eigenvalue weighted by Crippen LogP contribution is -2.49. The van der Waals surface area contributed by atoms with Crippen molar-refractivity contribution in [3.8, 4) is 0 Å². The van der Waals surface area contributed by atoms with Gasteiger partial charge in [-0.2, -0.15) is 0 Å². The third-order valence-corrected chi connectivity index (χ3v) is 3.91. The van der Waals surface area contributed by atoms with E-state index in [9.17, 15) is 9.18 Å². The highest BCUT2D eigenvalue weighted by Crippen LogP contribution is 2.26. The molecule has 0 aromatic heterocycles. The second-order valence-electron chi connectivity index (χ2n) is 5.41. The molecule has 2 aliphatic rings. The van der Waals surface area contributed by atoms with Crippen LogP contribution in [0, 0.1) is 5.82 Å². The fraction of sp³-hybridized carbons (Fsp3) is 0.500. The van der Waals surface area contributed by atoms with E-state index in [-0.39, 0.29) is 17.9 Å². The number of anilines is 1. The lowest BCUT2D eigenvalue weighted by Gasteiger charge is -2.29. The van der Waals surface area contributed by atoms with Gasteiger partial charge in [0.05, 0.1) is 0 Å². The molecule has 3 rings (SSSR count). The second kappa shape index (κ2) is 5.17. The van der Waals surface area contributed by atoms with Crippen LogP contribution in [0.25, 0.3) is 0 Å². The predicted octanol–water partition coefficient (Wildman–Crippen LogP) is 2.23. The van der Waals surface area contributed by atoms with Gasteiger partial charge in [0.25, 0.3) is 0 Å². The summed E-state index contributed by atoms with van der Waals surface area (Å²) in [6.45, 7) is 0. The van der Waals surface area contributed by atoms with Crippen molar-refractivity contribution in [3.05, 3.63) is 30.1 Å². The van der Waals surface area contributed by atoms with Crippen LogP contribution in [0.5, 0.6) is 0 Å². The van der Waals surface area contributed by atoms with Gasteiger partial charge in [0.15, 0.2) is 0 Å². The molecule has 3 N–H and O–H groups in total. The zero-order valence-electron chi connectivity index (χ0n) is 10.7. The van der Waals surface area contributed by atoms with E-state index in [1.54, 1.807) is 12.1 Å². The third kappa shape index (κ3) is 3.04. The van der Waals surface area contributed by atoms with Crippen LogP contribution in [-0.2, 0) is 0 Å². The number of fused-ring (bicyclic) bond motifs is 2. The summed E-state index contributed by atoms with van der Waals surface area (Å²) < 4.78 is 12.8. The van der Waals surface area contributed by atoms with Crippen LogP contribution in [0.4, 0.5) is 14.9 Å². The Labute approximate surface area is 111 Å². The first kappa shape index (κ1) is 12.4. The SMILES string of the molecule is O=C(Nc1ccc(F)cc1)NC1CC2CCC(C1)N2. The fourth-order valence-electron chi connectivity index (χ4n) is 3.06. The number of hydrogen-bond acceptors (Lipinski definition) is 2. The zero-order chi connectivity index (χ0) is 13.2. The van der Waals surface area contributed by atoms with E-state index in [1.165, 1.54) is 25.0 Å². The van der Waals surface area contributed by atoms with Crippen molar-refractivity contribution in [2.75, 3.05) is 5.32 Å². The van der Waals surface area contributed by atoms with Crippen LogP contribution in [0.3, 0.4) is 0 Å². The number of piperidine rings is 1. The first-order chi connectivity index (χ1) is 9.19. The van der Waals surface area contributed by atoms with Crippen LogP contribution in [0.1, 0.15) is 25.7 Å². The van der Waals surface area contributed by atoms with Gasteiger partial charge in [-0.15, -0.1) is 0 Å². The minimum absolute atomic E-state index is 0.210. The molecule has 2 bridgehead atoms. The summed E-state index contributed by atoms with van der Waals surface area (Å²) in [5.74, 6) is -0.305. The highest BCUT2D eigenvalue weighted by atomic mass is 19.1. The molecule has 0 aliphatic carbocycles. The Bertz CT molecular complexity index is 450. The Morgan fingerprint density at radius 3 is 2.42 bits per heavy atom. The molecule has 2 saturated heterocycles. The summed E-state index contributed by atoms with van der Waals surface area (Å²) in [4.78, 5) is 11.9. The van der Waals surface area contributed by atoms with E-state index in [1.807, 2.05) is 0 Å². The second-order valence-corrected chi connectivity index (χ2v) is 5.41. The molecule has 2 atom stereocenters. The largest absolute Gasteiger partial charge is 0.335 e. The normalized spacial score (nSPS) is 29.0. The Hall–Kier alpha value is -1.62. The number of hydrogen-bond donors (Lipinski definition) is 3. The van der Waals surface area contributed by atoms with Gasteiger partial charge in [-0.05, 0) is 49.9 Å². The molecule has 0 spiro atoms. The molecule has 1 aromatic rings. The summed E-state index contributed by atoms with van der Waals surface area (Å²) in [7, 11) is 0. The van der Waals surface area contributed by atoms with E-state index in [0.717, 1.165) is 12.8 Å². The van der Waals surface area contributed by atoms with E-state index >= 15 is 0 Å². The van der Waals surface area contributed by atoms with Crippen LogP contribution in [0.15, 0.2) is 24.3 Å². The molecule has 1 aromatic carbocycles. The van der Waals surface area contributed by atoms with Crippen LogP contribution in [-0.4, -0.2) is 24.2 Å². The Morgan fingerprint density at radius 2 is 1.79 bits per heavy atom. The van der Waals surface area contributed by atoms with Crippen molar-refractivity contribution in [1.82, 2.24) is 10.6 Å². The van der Waals surface area contributed by atoms with Crippen molar-refractivity contribution in [2.45, 2.75) is 43.8 Å². The molecule has 0 radical (unpaired) electrons. The highest BCUT2D eigenvalue weighted by Gasteiger charge is 2.33. The molecular formula is C14H18FN3O. The smallest absolute Gasteiger partial charge is 0.319 e. The summed E-state index contributed by atoms with van der Waals surface area (Å²) in [6.07, 6.45) is 4.41. The van der Waals surface area contributed by atoms with Crippen LogP contribution in [0.2, 0.25) is 0 Å². The molecule has 5 heteroatoms. The van der Waals surface area contributed by atoms with Crippen molar-refractivity contribution in [2.24, 2.45) is 0 Å². The molecule has 2 unspecified atom stereocenters. The van der Waals surface area contributed by atoms with Gasteiger partial charge in [-0.3, -0.25) is 0 Å². The number of halogens is 1. The van der Waals surface area contributed by atoms with Gasteiger partial charge in [0.2, 0.25) is 0 Å². The number of rotatable bonds is 2. The number of amides is 2. The minimum Gasteiger partial charge on any atom is -0.335 e. The molecular weight excluding hydrogens is 245 g/mol. The van der Waals surface area contributed by atoms with Crippen LogP contribution < -0.4 is 16.0 Å². The van der Waals surface area contributed by atoms with E-state index in [4.69, 9.17) is 0 Å². The first-order valence-corrected chi connectivity index (χ1v) is 6.78. The van der Waals surface area contributed by atoms with Crippen molar-refractivity contribution in [1.29, 1.82) is 0 Å². The molecule has 2 aliphatic heterocycles. The number of carbonyl (C=O) groups excluding carboxylic acids is 1. The first-order valence-electron chi connectivity index (χ1n) is 6.78. The van der Waals surface area contributed by atoms with E-state index in [0.29, 0.717) is 17.8 Å². The maximum absolute atomic E-state index is 12.8. The third-order valence-electron chi connectivity index (χ3n) is 3.91. The average molecular weight is 263 g/mol. The van der Waals surface area contributed by atoms with Crippen molar-refractivity contribution >= 4 is 11.7 Å². The number of urea groups is 1. The standard InChI is InChI=1S/C14H18FN3O/c15-9-1-3-10(4-2-9)17-14(19)18-13-7-11-5-6-12(8-13)16-11/h1-4,11-13,16H,5-8H2,(H2,17,18,19). The molecule has 4 nitrogen and oxygen atoms in total. The lowest BCUT2D eigenvalue weighted by molar-refractivity contribution is 0.240. The van der Waals surface area contributed by atoms with Gasteiger partial charge >= 0.3 is 6.03 Å². The molecule has 19 heavy (non-hydrogen) atoms. The highest BCUT2D eigenvalue weighted by molar-refractivity contribution is 5.89. The maximum atomic E-state index is 12.8. The van der Waals surface area contributed by atoms with Crippen LogP contribution >= 0.6 is 0 Å². The molecule has 2 amide bonds. The average Bonchev–Trinajstić information content (AvgIpc) is 2.72. The molecule has 2 fully saturated rings. The topological polar surface area (TPSA) is 53.2 Å². The van der Waals surface area contributed by atoms with Gasteiger partial charge in [0.1, 0.15) is 5.82 Å². The quantitative estimate of drug-likeness (QED) is 0.766. The van der Waals surface area contributed by atoms with Crippen molar-refractivity contribution < 1.29 is 9.18 Å². The number of nitrogens with one attached hydrogen (secondary N) is 3. The Morgan fingerprint density at radius 1 is 1.16 bits per heavy atom.